The van der Waals surface area contributed by atoms with Crippen LogP contribution in [0.5, 0.6) is 0 Å². The summed E-state index contributed by atoms with van der Waals surface area (Å²) in [4.78, 5) is 9.40. The first-order valence-corrected chi connectivity index (χ1v) is 16.9. The first-order chi connectivity index (χ1) is 24.8. The largest absolute Gasteiger partial charge is 0.309 e. The van der Waals surface area contributed by atoms with Crippen LogP contribution in [0.3, 0.4) is 0 Å². The highest BCUT2D eigenvalue weighted by molar-refractivity contribution is 6.10. The van der Waals surface area contributed by atoms with E-state index < -0.39 is 0 Å². The Morgan fingerprint density at radius 2 is 0.600 bits per heavy atom. The van der Waals surface area contributed by atoms with Gasteiger partial charge < -0.3 is 9.13 Å². The summed E-state index contributed by atoms with van der Waals surface area (Å²) < 4.78 is 4.71. The van der Waals surface area contributed by atoms with Crippen LogP contribution in [-0.2, 0) is 0 Å². The Labute approximate surface area is 289 Å². The molecule has 234 valence electrons. The molecule has 10 aromatic rings. The number of hydrogen-bond acceptors (Lipinski definition) is 2. The molecule has 0 saturated heterocycles. The smallest absolute Gasteiger partial charge is 0.0541 e. The summed E-state index contributed by atoms with van der Waals surface area (Å²) in [6.07, 6.45) is 7.74. The average molecular weight is 639 g/mol. The van der Waals surface area contributed by atoms with E-state index >= 15 is 0 Å². The third-order valence-corrected chi connectivity index (χ3v) is 9.85. The van der Waals surface area contributed by atoms with Crippen molar-refractivity contribution in [2.45, 2.75) is 0 Å². The summed E-state index contributed by atoms with van der Waals surface area (Å²) in [6.45, 7) is 0. The molecular weight excluding hydrogens is 609 g/mol. The van der Waals surface area contributed by atoms with Crippen molar-refractivity contribution in [2.24, 2.45) is 0 Å². The molecule has 0 aliphatic carbocycles. The fourth-order valence-electron chi connectivity index (χ4n) is 7.56. The fraction of sp³-hybridized carbons (Fsp3) is 0. The molecule has 50 heavy (non-hydrogen) atoms. The number of rotatable bonds is 5. The van der Waals surface area contributed by atoms with Crippen molar-refractivity contribution in [3.05, 3.63) is 183 Å². The lowest BCUT2D eigenvalue weighted by atomic mass is 10.00. The lowest BCUT2D eigenvalue weighted by Gasteiger charge is -2.12. The van der Waals surface area contributed by atoms with Crippen LogP contribution in [0, 0.1) is 0 Å². The summed E-state index contributed by atoms with van der Waals surface area (Å²) in [6, 6.07) is 56.4. The molecule has 6 aromatic carbocycles. The number of benzene rings is 6. The summed E-state index contributed by atoms with van der Waals surface area (Å²) in [7, 11) is 0. The van der Waals surface area contributed by atoms with Crippen LogP contribution in [-0.4, -0.2) is 19.1 Å². The average Bonchev–Trinajstić information content (AvgIpc) is 3.71. The van der Waals surface area contributed by atoms with Crippen molar-refractivity contribution in [2.75, 3.05) is 0 Å². The minimum Gasteiger partial charge on any atom is -0.309 e. The molecule has 0 fully saturated rings. The lowest BCUT2D eigenvalue weighted by Crippen LogP contribution is -1.95. The van der Waals surface area contributed by atoms with Gasteiger partial charge in [-0.05, 0) is 71.8 Å². The highest BCUT2D eigenvalue weighted by atomic mass is 15.0. The Morgan fingerprint density at radius 3 is 0.960 bits per heavy atom. The van der Waals surface area contributed by atoms with E-state index in [-0.39, 0.29) is 0 Å². The van der Waals surface area contributed by atoms with E-state index in [1.165, 1.54) is 43.6 Å². The monoisotopic (exact) mass is 638 g/mol. The van der Waals surface area contributed by atoms with Gasteiger partial charge in [0, 0.05) is 80.0 Å². The number of aromatic nitrogens is 4. The zero-order valence-electron chi connectivity index (χ0n) is 27.1. The van der Waals surface area contributed by atoms with Gasteiger partial charge in [-0.15, -0.1) is 0 Å². The van der Waals surface area contributed by atoms with Crippen LogP contribution in [0.1, 0.15) is 0 Å². The molecule has 0 N–H and O–H groups in total. The number of pyridine rings is 2. The SMILES string of the molecule is c1cc(-c2cncc(-c3cncc(-c4cccc(-n5c6ccccc6c6ccccc65)c4)c3)c2)cc(-n2c3ccccc3c3ccccc32)c1. The molecule has 10 rings (SSSR count). The van der Waals surface area contributed by atoms with E-state index in [0.29, 0.717) is 0 Å². The molecule has 0 spiro atoms. The van der Waals surface area contributed by atoms with Crippen LogP contribution < -0.4 is 0 Å². The van der Waals surface area contributed by atoms with Gasteiger partial charge in [0.05, 0.1) is 22.1 Å². The van der Waals surface area contributed by atoms with Crippen molar-refractivity contribution in [1.82, 2.24) is 19.1 Å². The molecule has 0 saturated carbocycles. The number of fused-ring (bicyclic) bond motifs is 6. The minimum absolute atomic E-state index is 1.03. The van der Waals surface area contributed by atoms with Crippen LogP contribution in [0.15, 0.2) is 183 Å². The molecule has 0 radical (unpaired) electrons. The fourth-order valence-corrected chi connectivity index (χ4v) is 7.56. The van der Waals surface area contributed by atoms with E-state index in [0.717, 1.165) is 44.8 Å². The molecule has 0 aliphatic heterocycles. The minimum atomic E-state index is 1.03. The maximum atomic E-state index is 4.70. The normalized spacial score (nSPS) is 11.6. The van der Waals surface area contributed by atoms with Gasteiger partial charge in [-0.3, -0.25) is 9.97 Å². The first-order valence-electron chi connectivity index (χ1n) is 16.9. The van der Waals surface area contributed by atoms with E-state index in [9.17, 15) is 0 Å². The van der Waals surface area contributed by atoms with Crippen molar-refractivity contribution in [3.8, 4) is 44.8 Å². The maximum absolute atomic E-state index is 4.70. The first kappa shape index (κ1) is 28.3. The summed E-state index contributed by atoms with van der Waals surface area (Å²) in [5.41, 5.74) is 13.4. The van der Waals surface area contributed by atoms with Crippen LogP contribution in [0.4, 0.5) is 0 Å². The van der Waals surface area contributed by atoms with E-state index in [1.807, 2.05) is 24.8 Å². The Bertz CT molecular complexity index is 2590. The van der Waals surface area contributed by atoms with Gasteiger partial charge in [-0.2, -0.15) is 0 Å². The number of nitrogens with zero attached hydrogens (tertiary/aromatic N) is 4. The van der Waals surface area contributed by atoms with E-state index in [1.54, 1.807) is 0 Å². The summed E-state index contributed by atoms with van der Waals surface area (Å²) in [5.74, 6) is 0. The summed E-state index contributed by atoms with van der Waals surface area (Å²) in [5, 5.41) is 5.02. The van der Waals surface area contributed by atoms with Gasteiger partial charge >= 0.3 is 0 Å². The second kappa shape index (κ2) is 11.4. The zero-order chi connectivity index (χ0) is 33.0. The topological polar surface area (TPSA) is 35.6 Å². The van der Waals surface area contributed by atoms with Crippen molar-refractivity contribution >= 4 is 43.6 Å². The van der Waals surface area contributed by atoms with Gasteiger partial charge in [0.25, 0.3) is 0 Å². The quantitative estimate of drug-likeness (QED) is 0.188. The number of para-hydroxylation sites is 4. The number of hydrogen-bond donors (Lipinski definition) is 0. The van der Waals surface area contributed by atoms with Crippen molar-refractivity contribution < 1.29 is 0 Å². The highest BCUT2D eigenvalue weighted by Crippen LogP contribution is 2.36. The van der Waals surface area contributed by atoms with Crippen LogP contribution in [0.2, 0.25) is 0 Å². The van der Waals surface area contributed by atoms with Gasteiger partial charge in [0.1, 0.15) is 0 Å². The Morgan fingerprint density at radius 1 is 0.280 bits per heavy atom. The lowest BCUT2D eigenvalue weighted by molar-refractivity contribution is 1.18. The van der Waals surface area contributed by atoms with E-state index in [4.69, 9.17) is 9.97 Å². The molecule has 4 heteroatoms. The van der Waals surface area contributed by atoms with Gasteiger partial charge in [-0.1, -0.05) is 97.1 Å². The second-order valence-electron chi connectivity index (χ2n) is 12.8. The Hall–Kier alpha value is -6.78. The standard InChI is InChI=1S/C46H30N4/c1-5-19-43-39(15-1)40-16-2-6-20-44(40)49(43)37-13-9-11-31(25-37)33-23-35(29-47-27-33)36-24-34(28-48-30-36)32-12-10-14-38(26-32)50-45-21-7-3-17-41(45)42-18-4-8-22-46(42)50/h1-30H. The predicted octanol–water partition coefficient (Wildman–Crippen LogP) is 11.7. The van der Waals surface area contributed by atoms with E-state index in [2.05, 4.69) is 167 Å². The molecule has 4 aromatic heterocycles. The molecule has 0 atom stereocenters. The van der Waals surface area contributed by atoms with Crippen molar-refractivity contribution in [1.29, 1.82) is 0 Å². The van der Waals surface area contributed by atoms with Crippen molar-refractivity contribution in [3.63, 3.8) is 0 Å². The van der Waals surface area contributed by atoms with Gasteiger partial charge in [0.2, 0.25) is 0 Å². The van der Waals surface area contributed by atoms with Crippen LogP contribution >= 0.6 is 0 Å². The second-order valence-corrected chi connectivity index (χ2v) is 12.8. The third kappa shape index (κ3) is 4.54. The zero-order valence-corrected chi connectivity index (χ0v) is 27.1. The molecule has 4 nitrogen and oxygen atoms in total. The molecule has 0 aliphatic rings. The Balaban J connectivity index is 1.03. The third-order valence-electron chi connectivity index (χ3n) is 9.85. The molecule has 4 heterocycles. The molecule has 0 unspecified atom stereocenters. The van der Waals surface area contributed by atoms with Crippen LogP contribution in [0.25, 0.3) is 88.4 Å². The van der Waals surface area contributed by atoms with Gasteiger partial charge in [0.15, 0.2) is 0 Å². The summed E-state index contributed by atoms with van der Waals surface area (Å²) >= 11 is 0. The molecule has 0 amide bonds. The highest BCUT2D eigenvalue weighted by Gasteiger charge is 2.14. The molecular formula is C46H30N4. The Kier molecular flexibility index (Phi) is 6.46. The maximum Gasteiger partial charge on any atom is 0.0541 e. The molecule has 0 bridgehead atoms. The van der Waals surface area contributed by atoms with Gasteiger partial charge in [-0.25, -0.2) is 0 Å². The predicted molar refractivity (Wildman–Crippen MR) is 207 cm³/mol.